The standard InChI is InChI=1S/C6H16N2O2/c1-2-3-4(9)5(7)6(8)10/h4-6,9-10H,2-3,7-8H2,1H3. The van der Waals surface area contributed by atoms with Crippen molar-refractivity contribution in [2.24, 2.45) is 11.5 Å². The minimum atomic E-state index is -1.12. The van der Waals surface area contributed by atoms with Gasteiger partial charge in [0.15, 0.2) is 0 Å². The minimum Gasteiger partial charge on any atom is -0.391 e. The highest BCUT2D eigenvalue weighted by Crippen LogP contribution is 2.00. The number of hydrogen-bond acceptors (Lipinski definition) is 4. The maximum absolute atomic E-state index is 9.12. The molecule has 3 atom stereocenters. The minimum absolute atomic E-state index is 0.579. The van der Waals surface area contributed by atoms with Gasteiger partial charge in [0.1, 0.15) is 6.23 Å². The lowest BCUT2D eigenvalue weighted by Gasteiger charge is -2.20. The second kappa shape index (κ2) is 4.62. The second-order valence-electron chi connectivity index (χ2n) is 2.42. The summed E-state index contributed by atoms with van der Waals surface area (Å²) in [5.41, 5.74) is 10.4. The highest BCUT2D eigenvalue weighted by atomic mass is 16.3. The first-order valence-electron chi connectivity index (χ1n) is 3.47. The van der Waals surface area contributed by atoms with Crippen molar-refractivity contribution >= 4 is 0 Å². The quantitative estimate of drug-likeness (QED) is 0.375. The summed E-state index contributed by atoms with van der Waals surface area (Å²) < 4.78 is 0. The number of aliphatic hydroxyl groups is 2. The first-order chi connectivity index (χ1) is 4.59. The highest BCUT2D eigenvalue weighted by molar-refractivity contribution is 4.74. The summed E-state index contributed by atoms with van der Waals surface area (Å²) in [6, 6.07) is -0.722. The van der Waals surface area contributed by atoms with Crippen molar-refractivity contribution < 1.29 is 10.2 Å². The third-order valence-electron chi connectivity index (χ3n) is 1.42. The van der Waals surface area contributed by atoms with Crippen LogP contribution in [-0.2, 0) is 0 Å². The van der Waals surface area contributed by atoms with Crippen LogP contribution in [0.25, 0.3) is 0 Å². The zero-order valence-corrected chi connectivity index (χ0v) is 6.20. The van der Waals surface area contributed by atoms with E-state index >= 15 is 0 Å². The van der Waals surface area contributed by atoms with Crippen molar-refractivity contribution in [3.63, 3.8) is 0 Å². The monoisotopic (exact) mass is 148 g/mol. The molecule has 0 fully saturated rings. The number of nitrogens with two attached hydrogens (primary N) is 2. The summed E-state index contributed by atoms with van der Waals surface area (Å²) in [6.07, 6.45) is -0.400. The Balaban J connectivity index is 3.58. The maximum Gasteiger partial charge on any atom is 0.120 e. The van der Waals surface area contributed by atoms with Gasteiger partial charge in [-0.15, -0.1) is 0 Å². The molecule has 0 saturated carbocycles. The molecular weight excluding hydrogens is 132 g/mol. The molecule has 0 aliphatic carbocycles. The molecule has 0 aromatic rings. The lowest BCUT2D eigenvalue weighted by molar-refractivity contribution is 0.0541. The van der Waals surface area contributed by atoms with Crippen molar-refractivity contribution in [2.75, 3.05) is 0 Å². The second-order valence-corrected chi connectivity index (χ2v) is 2.42. The molecule has 3 unspecified atom stereocenters. The number of hydrogen-bond donors (Lipinski definition) is 4. The normalized spacial score (nSPS) is 20.1. The molecule has 0 aliphatic heterocycles. The Morgan fingerprint density at radius 3 is 2.10 bits per heavy atom. The molecule has 0 bridgehead atoms. The molecule has 0 radical (unpaired) electrons. The van der Waals surface area contributed by atoms with E-state index in [1.165, 1.54) is 0 Å². The van der Waals surface area contributed by atoms with Gasteiger partial charge in [0.05, 0.1) is 12.1 Å². The van der Waals surface area contributed by atoms with E-state index in [-0.39, 0.29) is 0 Å². The average Bonchev–Trinajstić information content (AvgIpc) is 1.87. The molecule has 0 aliphatic rings. The van der Waals surface area contributed by atoms with Crippen LogP contribution in [0.3, 0.4) is 0 Å². The van der Waals surface area contributed by atoms with E-state index in [9.17, 15) is 0 Å². The zero-order valence-electron chi connectivity index (χ0n) is 6.20. The van der Waals surface area contributed by atoms with Gasteiger partial charge in [0, 0.05) is 0 Å². The highest BCUT2D eigenvalue weighted by Gasteiger charge is 2.18. The van der Waals surface area contributed by atoms with E-state index in [1.807, 2.05) is 6.92 Å². The largest absolute Gasteiger partial charge is 0.391 e. The van der Waals surface area contributed by atoms with Crippen molar-refractivity contribution in [1.82, 2.24) is 0 Å². The lowest BCUT2D eigenvalue weighted by atomic mass is 10.1. The summed E-state index contributed by atoms with van der Waals surface area (Å²) in [7, 11) is 0. The van der Waals surface area contributed by atoms with E-state index in [0.29, 0.717) is 6.42 Å². The van der Waals surface area contributed by atoms with E-state index < -0.39 is 18.4 Å². The summed E-state index contributed by atoms with van der Waals surface area (Å²) in [5, 5.41) is 17.8. The Morgan fingerprint density at radius 2 is 1.80 bits per heavy atom. The smallest absolute Gasteiger partial charge is 0.120 e. The summed E-state index contributed by atoms with van der Waals surface area (Å²) in [4.78, 5) is 0. The van der Waals surface area contributed by atoms with Crippen molar-refractivity contribution in [3.8, 4) is 0 Å². The fraction of sp³-hybridized carbons (Fsp3) is 1.00. The predicted octanol–water partition coefficient (Wildman–Crippen LogP) is -1.25. The molecule has 6 N–H and O–H groups in total. The Morgan fingerprint density at radius 1 is 1.30 bits per heavy atom. The Bertz CT molecular complexity index is 87.8. The molecule has 0 heterocycles. The first-order valence-corrected chi connectivity index (χ1v) is 3.47. The predicted molar refractivity (Wildman–Crippen MR) is 39.1 cm³/mol. The summed E-state index contributed by atoms with van der Waals surface area (Å²) >= 11 is 0. The molecule has 0 rings (SSSR count). The van der Waals surface area contributed by atoms with Crippen LogP contribution in [0.4, 0.5) is 0 Å². The fourth-order valence-corrected chi connectivity index (χ4v) is 0.716. The van der Waals surface area contributed by atoms with Crippen LogP contribution in [0.15, 0.2) is 0 Å². The Hall–Kier alpha value is -0.160. The van der Waals surface area contributed by atoms with Gasteiger partial charge in [-0.25, -0.2) is 0 Å². The van der Waals surface area contributed by atoms with Crippen LogP contribution in [-0.4, -0.2) is 28.6 Å². The van der Waals surface area contributed by atoms with Gasteiger partial charge >= 0.3 is 0 Å². The SMILES string of the molecule is CCCC(O)C(N)C(N)O. The molecule has 10 heavy (non-hydrogen) atoms. The number of aliphatic hydroxyl groups excluding tert-OH is 2. The third-order valence-corrected chi connectivity index (χ3v) is 1.42. The zero-order chi connectivity index (χ0) is 8.15. The fourth-order valence-electron chi connectivity index (χ4n) is 0.716. The molecule has 0 aromatic carbocycles. The van der Waals surface area contributed by atoms with Gasteiger partial charge in [0.25, 0.3) is 0 Å². The van der Waals surface area contributed by atoms with E-state index in [0.717, 1.165) is 6.42 Å². The summed E-state index contributed by atoms with van der Waals surface area (Å²) in [6.45, 7) is 1.93. The molecule has 62 valence electrons. The van der Waals surface area contributed by atoms with Gasteiger partial charge < -0.3 is 21.7 Å². The molecule has 0 saturated heterocycles. The lowest BCUT2D eigenvalue weighted by Crippen LogP contribution is -2.49. The van der Waals surface area contributed by atoms with Gasteiger partial charge in [-0.05, 0) is 6.42 Å². The van der Waals surface area contributed by atoms with Gasteiger partial charge in [-0.3, -0.25) is 0 Å². The van der Waals surface area contributed by atoms with Gasteiger partial charge in [0.2, 0.25) is 0 Å². The summed E-state index contributed by atoms with van der Waals surface area (Å²) in [5.74, 6) is 0. The van der Waals surface area contributed by atoms with E-state index in [2.05, 4.69) is 0 Å². The van der Waals surface area contributed by atoms with Gasteiger partial charge in [-0.1, -0.05) is 13.3 Å². The molecule has 4 heteroatoms. The molecule has 4 nitrogen and oxygen atoms in total. The van der Waals surface area contributed by atoms with Gasteiger partial charge in [-0.2, -0.15) is 0 Å². The average molecular weight is 148 g/mol. The van der Waals surface area contributed by atoms with Crippen LogP contribution in [0.2, 0.25) is 0 Å². The van der Waals surface area contributed by atoms with Crippen LogP contribution >= 0.6 is 0 Å². The molecular formula is C6H16N2O2. The van der Waals surface area contributed by atoms with Crippen LogP contribution in [0, 0.1) is 0 Å². The molecule has 0 amide bonds. The maximum atomic E-state index is 9.12. The van der Waals surface area contributed by atoms with Crippen molar-refractivity contribution in [1.29, 1.82) is 0 Å². The number of rotatable bonds is 4. The van der Waals surface area contributed by atoms with Crippen LogP contribution in [0.5, 0.6) is 0 Å². The van der Waals surface area contributed by atoms with E-state index in [4.69, 9.17) is 21.7 Å². The third kappa shape index (κ3) is 3.12. The van der Waals surface area contributed by atoms with Crippen molar-refractivity contribution in [2.45, 2.75) is 38.1 Å². The first kappa shape index (κ1) is 9.84. The van der Waals surface area contributed by atoms with E-state index in [1.54, 1.807) is 0 Å². The molecule has 0 spiro atoms. The molecule has 0 aromatic heterocycles. The van der Waals surface area contributed by atoms with Crippen molar-refractivity contribution in [3.05, 3.63) is 0 Å². The Kier molecular flexibility index (Phi) is 4.55. The van der Waals surface area contributed by atoms with Crippen LogP contribution in [0.1, 0.15) is 19.8 Å². The topological polar surface area (TPSA) is 92.5 Å². The van der Waals surface area contributed by atoms with Crippen LogP contribution < -0.4 is 11.5 Å². The Labute approximate surface area is 60.8 Å².